The lowest BCUT2D eigenvalue weighted by molar-refractivity contribution is 0.0696. The number of hydrogen-bond donors (Lipinski definition) is 2. The van der Waals surface area contributed by atoms with E-state index in [2.05, 4.69) is 9.62 Å². The second kappa shape index (κ2) is 7.25. The van der Waals surface area contributed by atoms with Crippen LogP contribution < -0.4 is 4.72 Å². The molecule has 0 aromatic heterocycles. The summed E-state index contributed by atoms with van der Waals surface area (Å²) in [5, 5.41) is 9.07. The number of benzene rings is 1. The molecule has 0 bridgehead atoms. The van der Waals surface area contributed by atoms with Gasteiger partial charge in [-0.15, -0.1) is 0 Å². The Bertz CT molecular complexity index is 726. The Morgan fingerprint density at radius 3 is 2.70 bits per heavy atom. The molecule has 23 heavy (non-hydrogen) atoms. The highest BCUT2D eigenvalue weighted by Crippen LogP contribution is 2.19. The molecule has 1 heterocycles. The third-order valence-electron chi connectivity index (χ3n) is 3.98. The molecule has 0 unspecified atom stereocenters. The number of carboxylic acid groups (broad SMARTS) is 1. The van der Waals surface area contributed by atoms with Crippen LogP contribution in [0.15, 0.2) is 34.7 Å². The zero-order chi connectivity index (χ0) is 17.0. The summed E-state index contributed by atoms with van der Waals surface area (Å²) in [6.07, 6.45) is 3.37. The Kier molecular flexibility index (Phi) is 5.56. The number of aryl methyl sites for hydroxylation is 1. The fraction of sp³-hybridized carbons (Fsp3) is 0.438. The maximum atomic E-state index is 12.6. The molecular weight excluding hydrogens is 316 g/mol. The summed E-state index contributed by atoms with van der Waals surface area (Å²) in [6.45, 7) is 3.82. The summed E-state index contributed by atoms with van der Waals surface area (Å²) < 4.78 is 27.7. The molecule has 2 N–H and O–H groups in total. The molecule has 0 aliphatic carbocycles. The number of likely N-dealkylation sites (N-methyl/N-ethyl adjacent to an activating group) is 1. The SMILES string of the molecule is CCc1ccc(C(=O)O)cc1S(=O)(=O)NCC1=CCN(C)CC1. The van der Waals surface area contributed by atoms with Crippen molar-refractivity contribution in [2.24, 2.45) is 0 Å². The van der Waals surface area contributed by atoms with Crippen molar-refractivity contribution in [1.29, 1.82) is 0 Å². The third-order valence-corrected chi connectivity index (χ3v) is 5.46. The van der Waals surface area contributed by atoms with Crippen LogP contribution in [0.5, 0.6) is 0 Å². The highest BCUT2D eigenvalue weighted by molar-refractivity contribution is 7.89. The van der Waals surface area contributed by atoms with Gasteiger partial charge in [0.2, 0.25) is 10.0 Å². The second-order valence-electron chi connectivity index (χ2n) is 5.68. The summed E-state index contributed by atoms with van der Waals surface area (Å²) in [4.78, 5) is 13.3. The van der Waals surface area contributed by atoms with Crippen LogP contribution in [0.3, 0.4) is 0 Å². The first-order valence-corrected chi connectivity index (χ1v) is 9.04. The molecule has 1 aliphatic heterocycles. The highest BCUT2D eigenvalue weighted by Gasteiger charge is 2.20. The standard InChI is InChI=1S/C16H22N2O4S/c1-3-13-4-5-14(16(19)20)10-15(13)23(21,22)17-11-12-6-8-18(2)9-7-12/h4-6,10,17H,3,7-9,11H2,1-2H3,(H,19,20). The Balaban J connectivity index is 2.21. The minimum absolute atomic E-state index is 0.0268. The first-order valence-electron chi connectivity index (χ1n) is 7.56. The number of rotatable bonds is 6. The van der Waals surface area contributed by atoms with E-state index >= 15 is 0 Å². The van der Waals surface area contributed by atoms with Crippen LogP contribution in [0.1, 0.15) is 29.3 Å². The van der Waals surface area contributed by atoms with Gasteiger partial charge in [0.05, 0.1) is 10.5 Å². The summed E-state index contributed by atoms with van der Waals surface area (Å²) in [6, 6.07) is 4.22. The van der Waals surface area contributed by atoms with Crippen LogP contribution in [0.2, 0.25) is 0 Å². The number of nitrogens with one attached hydrogen (secondary N) is 1. The van der Waals surface area contributed by atoms with Crippen LogP contribution in [0.4, 0.5) is 0 Å². The normalized spacial score (nSPS) is 16.2. The maximum absolute atomic E-state index is 12.6. The molecule has 0 fully saturated rings. The van der Waals surface area contributed by atoms with Crippen LogP contribution in [0, 0.1) is 0 Å². The number of nitrogens with zero attached hydrogens (tertiary/aromatic N) is 1. The fourth-order valence-corrected chi connectivity index (χ4v) is 3.84. The van der Waals surface area contributed by atoms with E-state index in [0.29, 0.717) is 12.0 Å². The topological polar surface area (TPSA) is 86.7 Å². The smallest absolute Gasteiger partial charge is 0.335 e. The van der Waals surface area contributed by atoms with E-state index in [-0.39, 0.29) is 17.0 Å². The van der Waals surface area contributed by atoms with Crippen LogP contribution in [-0.4, -0.2) is 51.1 Å². The van der Waals surface area contributed by atoms with E-state index in [1.54, 1.807) is 6.07 Å². The molecule has 126 valence electrons. The van der Waals surface area contributed by atoms with Gasteiger partial charge in [-0.1, -0.05) is 24.6 Å². The van der Waals surface area contributed by atoms with Gasteiger partial charge in [0.1, 0.15) is 0 Å². The van der Waals surface area contributed by atoms with Crippen molar-refractivity contribution in [2.75, 3.05) is 26.7 Å². The van der Waals surface area contributed by atoms with Gasteiger partial charge >= 0.3 is 5.97 Å². The highest BCUT2D eigenvalue weighted by atomic mass is 32.2. The van der Waals surface area contributed by atoms with Crippen molar-refractivity contribution in [3.05, 3.63) is 41.0 Å². The van der Waals surface area contributed by atoms with Gasteiger partial charge < -0.3 is 10.0 Å². The number of carbonyl (C=O) groups is 1. The molecule has 1 aliphatic rings. The Labute approximate surface area is 136 Å². The van der Waals surface area contributed by atoms with Gasteiger partial charge in [-0.25, -0.2) is 17.9 Å². The molecule has 0 atom stereocenters. The Morgan fingerprint density at radius 2 is 2.13 bits per heavy atom. The lowest BCUT2D eigenvalue weighted by Gasteiger charge is -2.22. The molecule has 1 aromatic rings. The van der Waals surface area contributed by atoms with Crippen LogP contribution in [0.25, 0.3) is 0 Å². The van der Waals surface area contributed by atoms with E-state index in [1.807, 2.05) is 20.0 Å². The van der Waals surface area contributed by atoms with Crippen LogP contribution in [-0.2, 0) is 16.4 Å². The lowest BCUT2D eigenvalue weighted by atomic mass is 10.1. The average molecular weight is 338 g/mol. The Hall–Kier alpha value is -1.70. The van der Waals surface area contributed by atoms with Crippen LogP contribution >= 0.6 is 0 Å². The largest absolute Gasteiger partial charge is 0.478 e. The van der Waals surface area contributed by atoms with E-state index < -0.39 is 16.0 Å². The van der Waals surface area contributed by atoms with Gasteiger partial charge in [-0.05, 0) is 37.6 Å². The van der Waals surface area contributed by atoms with Crippen molar-refractivity contribution in [3.8, 4) is 0 Å². The number of hydrogen-bond acceptors (Lipinski definition) is 4. The van der Waals surface area contributed by atoms with Gasteiger partial charge in [0.25, 0.3) is 0 Å². The average Bonchev–Trinajstić information content (AvgIpc) is 2.53. The summed E-state index contributed by atoms with van der Waals surface area (Å²) in [5.41, 5.74) is 1.64. The molecule has 6 nitrogen and oxygen atoms in total. The molecular formula is C16H22N2O4S. The molecule has 2 rings (SSSR count). The molecule has 0 amide bonds. The van der Waals surface area contributed by atoms with Crippen molar-refractivity contribution in [2.45, 2.75) is 24.7 Å². The number of sulfonamides is 1. The van der Waals surface area contributed by atoms with E-state index in [4.69, 9.17) is 5.11 Å². The third kappa shape index (κ3) is 4.40. The minimum Gasteiger partial charge on any atom is -0.478 e. The minimum atomic E-state index is -3.74. The number of carboxylic acids is 1. The summed E-state index contributed by atoms with van der Waals surface area (Å²) >= 11 is 0. The van der Waals surface area contributed by atoms with Crippen molar-refractivity contribution in [3.63, 3.8) is 0 Å². The molecule has 0 saturated carbocycles. The first-order chi connectivity index (χ1) is 10.8. The molecule has 0 radical (unpaired) electrons. The summed E-state index contributed by atoms with van der Waals surface area (Å²) in [5.74, 6) is -1.14. The summed E-state index contributed by atoms with van der Waals surface area (Å²) in [7, 11) is -1.72. The predicted octanol–water partition coefficient (Wildman–Crippen LogP) is 1.49. The van der Waals surface area contributed by atoms with Gasteiger partial charge in [0.15, 0.2) is 0 Å². The maximum Gasteiger partial charge on any atom is 0.335 e. The quantitative estimate of drug-likeness (QED) is 0.768. The Morgan fingerprint density at radius 1 is 1.39 bits per heavy atom. The van der Waals surface area contributed by atoms with Gasteiger partial charge in [-0.2, -0.15) is 0 Å². The van der Waals surface area contributed by atoms with E-state index in [0.717, 1.165) is 25.1 Å². The zero-order valence-electron chi connectivity index (χ0n) is 13.4. The monoisotopic (exact) mass is 338 g/mol. The lowest BCUT2D eigenvalue weighted by Crippen LogP contribution is -2.31. The molecule has 0 saturated heterocycles. The number of aromatic carboxylic acids is 1. The predicted molar refractivity (Wildman–Crippen MR) is 88.2 cm³/mol. The van der Waals surface area contributed by atoms with E-state index in [9.17, 15) is 13.2 Å². The van der Waals surface area contributed by atoms with Gasteiger partial charge in [-0.3, -0.25) is 0 Å². The first kappa shape index (κ1) is 17.7. The van der Waals surface area contributed by atoms with Crippen molar-refractivity contribution >= 4 is 16.0 Å². The fourth-order valence-electron chi connectivity index (χ4n) is 2.47. The van der Waals surface area contributed by atoms with E-state index in [1.165, 1.54) is 12.1 Å². The molecule has 0 spiro atoms. The molecule has 7 heteroatoms. The van der Waals surface area contributed by atoms with Crippen molar-refractivity contribution < 1.29 is 18.3 Å². The zero-order valence-corrected chi connectivity index (χ0v) is 14.2. The second-order valence-corrected chi connectivity index (χ2v) is 7.42. The van der Waals surface area contributed by atoms with Gasteiger partial charge in [0, 0.05) is 19.6 Å². The van der Waals surface area contributed by atoms with Crippen molar-refractivity contribution in [1.82, 2.24) is 9.62 Å². The molecule has 1 aromatic carbocycles.